The minimum absolute atomic E-state index is 0.256. The summed E-state index contributed by atoms with van der Waals surface area (Å²) in [6.07, 6.45) is 1.93. The first-order valence-corrected chi connectivity index (χ1v) is 7.65. The number of nitrogens with zero attached hydrogens (tertiary/aromatic N) is 1. The summed E-state index contributed by atoms with van der Waals surface area (Å²) in [4.78, 5) is 25.1. The molecule has 0 saturated carbocycles. The monoisotopic (exact) mass is 338 g/mol. The van der Waals surface area contributed by atoms with Gasteiger partial charge in [-0.15, -0.1) is 0 Å². The van der Waals surface area contributed by atoms with Crippen molar-refractivity contribution in [1.82, 2.24) is 4.90 Å². The zero-order valence-corrected chi connectivity index (χ0v) is 13.1. The minimum atomic E-state index is -0.453. The number of carbonyl (C=O) groups excluding carboxylic acids is 2. The average Bonchev–Trinajstić information content (AvgIpc) is 2.41. The fraction of sp³-hybridized carbons (Fsp3) is 0.467. The zero-order valence-electron chi connectivity index (χ0n) is 11.6. The predicted octanol–water partition coefficient (Wildman–Crippen LogP) is 2.20. The van der Waals surface area contributed by atoms with Gasteiger partial charge in [-0.25, -0.2) is 0 Å². The molecule has 1 aliphatic rings. The van der Waals surface area contributed by atoms with Crippen molar-refractivity contribution in [2.75, 3.05) is 13.1 Å². The molecule has 0 radical (unpaired) electrons. The van der Waals surface area contributed by atoms with E-state index in [9.17, 15) is 9.59 Å². The number of benzene rings is 1. The summed E-state index contributed by atoms with van der Waals surface area (Å²) >= 11 is 3.53. The van der Waals surface area contributed by atoms with Crippen LogP contribution in [0.5, 0.6) is 0 Å². The van der Waals surface area contributed by atoms with Crippen LogP contribution in [0.2, 0.25) is 0 Å². The Balaban J connectivity index is 2.26. The SMILES string of the molecule is CCc1ccc(C(C(N)=O)N2CCC(=O)CC2)cc1Br. The van der Waals surface area contributed by atoms with E-state index in [1.165, 1.54) is 5.56 Å². The maximum Gasteiger partial charge on any atom is 0.239 e. The summed E-state index contributed by atoms with van der Waals surface area (Å²) < 4.78 is 0.997. The second-order valence-corrected chi connectivity index (χ2v) is 5.94. The van der Waals surface area contributed by atoms with Gasteiger partial charge in [-0.05, 0) is 23.6 Å². The maximum absolute atomic E-state index is 11.8. The van der Waals surface area contributed by atoms with Gasteiger partial charge in [-0.2, -0.15) is 0 Å². The molecule has 0 bridgehead atoms. The largest absolute Gasteiger partial charge is 0.368 e. The standard InChI is InChI=1S/C15H19BrN2O2/c1-2-10-3-4-11(9-13(10)16)14(15(17)20)18-7-5-12(19)6-8-18/h3-4,9,14H,2,5-8H2,1H3,(H2,17,20). The number of nitrogens with two attached hydrogens (primary N) is 1. The fourth-order valence-corrected chi connectivity index (χ4v) is 3.28. The molecule has 1 heterocycles. The molecule has 2 N–H and O–H groups in total. The van der Waals surface area contributed by atoms with Crippen molar-refractivity contribution in [3.63, 3.8) is 0 Å². The summed E-state index contributed by atoms with van der Waals surface area (Å²) in [6.45, 7) is 3.28. The highest BCUT2D eigenvalue weighted by atomic mass is 79.9. The van der Waals surface area contributed by atoms with Gasteiger partial charge in [-0.1, -0.05) is 35.0 Å². The van der Waals surface area contributed by atoms with E-state index in [0.29, 0.717) is 25.9 Å². The molecule has 5 heteroatoms. The van der Waals surface area contributed by atoms with E-state index < -0.39 is 6.04 Å². The number of rotatable bonds is 4. The third kappa shape index (κ3) is 3.27. The third-order valence-corrected chi connectivity index (χ3v) is 4.50. The van der Waals surface area contributed by atoms with Crippen LogP contribution in [-0.2, 0) is 16.0 Å². The summed E-state index contributed by atoms with van der Waals surface area (Å²) in [7, 11) is 0. The van der Waals surface area contributed by atoms with Crippen LogP contribution >= 0.6 is 15.9 Å². The smallest absolute Gasteiger partial charge is 0.239 e. The predicted molar refractivity (Wildman–Crippen MR) is 81.3 cm³/mol. The van der Waals surface area contributed by atoms with E-state index in [1.54, 1.807) is 0 Å². The molecule has 1 fully saturated rings. The normalized spacial score (nSPS) is 18.0. The van der Waals surface area contributed by atoms with Crippen LogP contribution in [0.15, 0.2) is 22.7 Å². The quantitative estimate of drug-likeness (QED) is 0.915. The van der Waals surface area contributed by atoms with E-state index >= 15 is 0 Å². The number of piperidine rings is 1. The molecule has 108 valence electrons. The van der Waals surface area contributed by atoms with Crippen LogP contribution in [0.3, 0.4) is 0 Å². The Morgan fingerprint density at radius 2 is 2.05 bits per heavy atom. The van der Waals surface area contributed by atoms with Crippen LogP contribution < -0.4 is 5.73 Å². The van der Waals surface area contributed by atoms with Crippen LogP contribution in [0.25, 0.3) is 0 Å². The zero-order chi connectivity index (χ0) is 14.7. The highest BCUT2D eigenvalue weighted by molar-refractivity contribution is 9.10. The van der Waals surface area contributed by atoms with E-state index in [2.05, 4.69) is 22.9 Å². The lowest BCUT2D eigenvalue weighted by atomic mass is 9.99. The second kappa shape index (κ2) is 6.50. The van der Waals surface area contributed by atoms with E-state index in [0.717, 1.165) is 16.5 Å². The molecule has 4 nitrogen and oxygen atoms in total. The number of primary amides is 1. The Kier molecular flexibility index (Phi) is 4.94. The Bertz CT molecular complexity index is 521. The first-order chi connectivity index (χ1) is 9.52. The molecule has 1 atom stereocenters. The number of likely N-dealkylation sites (tertiary alicyclic amines) is 1. The van der Waals surface area contributed by atoms with Crippen LogP contribution in [0, 0.1) is 0 Å². The lowest BCUT2D eigenvalue weighted by Gasteiger charge is -2.32. The summed E-state index contributed by atoms with van der Waals surface area (Å²) in [5, 5.41) is 0. The van der Waals surface area contributed by atoms with Gasteiger partial charge in [0.1, 0.15) is 11.8 Å². The molecular formula is C15H19BrN2O2. The van der Waals surface area contributed by atoms with Crippen LogP contribution in [-0.4, -0.2) is 29.7 Å². The van der Waals surface area contributed by atoms with Crippen molar-refractivity contribution >= 4 is 27.6 Å². The van der Waals surface area contributed by atoms with Crippen molar-refractivity contribution in [3.8, 4) is 0 Å². The molecule has 0 aliphatic carbocycles. The lowest BCUT2D eigenvalue weighted by molar-refractivity contribution is -0.128. The van der Waals surface area contributed by atoms with Crippen molar-refractivity contribution in [1.29, 1.82) is 0 Å². The molecule has 1 saturated heterocycles. The molecule has 0 aromatic heterocycles. The number of ketones is 1. The summed E-state index contributed by atoms with van der Waals surface area (Å²) in [5.41, 5.74) is 7.66. The number of aryl methyl sites for hydroxylation is 1. The molecule has 1 unspecified atom stereocenters. The lowest BCUT2D eigenvalue weighted by Crippen LogP contribution is -2.42. The maximum atomic E-state index is 11.8. The number of Topliss-reactive ketones (excluding diaryl/α,β-unsaturated/α-hetero) is 1. The topological polar surface area (TPSA) is 63.4 Å². The number of hydrogen-bond acceptors (Lipinski definition) is 3. The number of halogens is 1. The van der Waals surface area contributed by atoms with Crippen molar-refractivity contribution in [2.45, 2.75) is 32.2 Å². The molecule has 2 rings (SSSR count). The van der Waals surface area contributed by atoms with Crippen molar-refractivity contribution < 1.29 is 9.59 Å². The van der Waals surface area contributed by atoms with Gasteiger partial charge in [-0.3, -0.25) is 14.5 Å². The van der Waals surface area contributed by atoms with Gasteiger partial charge < -0.3 is 5.73 Å². The molecule has 1 aromatic rings. The summed E-state index contributed by atoms with van der Waals surface area (Å²) in [5.74, 6) is -0.109. The summed E-state index contributed by atoms with van der Waals surface area (Å²) in [6, 6.07) is 5.48. The Morgan fingerprint density at radius 3 is 2.55 bits per heavy atom. The molecule has 1 aliphatic heterocycles. The van der Waals surface area contributed by atoms with Gasteiger partial charge in [0.25, 0.3) is 0 Å². The molecule has 0 spiro atoms. The molecular weight excluding hydrogens is 320 g/mol. The molecule has 20 heavy (non-hydrogen) atoms. The fourth-order valence-electron chi connectivity index (χ4n) is 2.61. The highest BCUT2D eigenvalue weighted by Crippen LogP contribution is 2.28. The van der Waals surface area contributed by atoms with Gasteiger partial charge in [0.15, 0.2) is 0 Å². The van der Waals surface area contributed by atoms with Gasteiger partial charge in [0.2, 0.25) is 5.91 Å². The Morgan fingerprint density at radius 1 is 1.40 bits per heavy atom. The Labute approximate surface area is 127 Å². The second-order valence-electron chi connectivity index (χ2n) is 5.08. The molecule has 1 aromatic carbocycles. The number of hydrogen-bond donors (Lipinski definition) is 1. The van der Waals surface area contributed by atoms with E-state index in [1.807, 2.05) is 23.1 Å². The third-order valence-electron chi connectivity index (χ3n) is 3.76. The van der Waals surface area contributed by atoms with Crippen molar-refractivity contribution in [2.24, 2.45) is 5.73 Å². The van der Waals surface area contributed by atoms with Crippen LogP contribution in [0.4, 0.5) is 0 Å². The minimum Gasteiger partial charge on any atom is -0.368 e. The number of carbonyl (C=O) groups is 2. The highest BCUT2D eigenvalue weighted by Gasteiger charge is 2.29. The first kappa shape index (κ1) is 15.2. The Hall–Kier alpha value is -1.20. The van der Waals surface area contributed by atoms with Gasteiger partial charge in [0, 0.05) is 30.4 Å². The van der Waals surface area contributed by atoms with E-state index in [-0.39, 0.29) is 11.7 Å². The van der Waals surface area contributed by atoms with Gasteiger partial charge in [0.05, 0.1) is 0 Å². The van der Waals surface area contributed by atoms with E-state index in [4.69, 9.17) is 5.73 Å². The first-order valence-electron chi connectivity index (χ1n) is 6.86. The van der Waals surface area contributed by atoms with Crippen molar-refractivity contribution in [3.05, 3.63) is 33.8 Å². The number of amides is 1. The average molecular weight is 339 g/mol. The van der Waals surface area contributed by atoms with Crippen LogP contribution in [0.1, 0.15) is 36.9 Å². The van der Waals surface area contributed by atoms with Gasteiger partial charge >= 0.3 is 0 Å². The molecule has 1 amide bonds.